The third-order valence-electron chi connectivity index (χ3n) is 3.71. The van der Waals surface area contributed by atoms with Gasteiger partial charge in [-0.2, -0.15) is 13.2 Å². The molecule has 122 valence electrons. The largest absolute Gasteiger partial charge is 0.471 e. The van der Waals surface area contributed by atoms with E-state index in [0.717, 1.165) is 28.9 Å². The normalized spacial score (nSPS) is 16.0. The van der Waals surface area contributed by atoms with Gasteiger partial charge in [0.25, 0.3) is 0 Å². The molecule has 0 saturated carbocycles. The molecule has 1 heterocycles. The monoisotopic (exact) mass is 377 g/mol. The fourth-order valence-electron chi connectivity index (χ4n) is 2.80. The zero-order valence-electron chi connectivity index (χ0n) is 12.6. The molecular weight excluding hydrogens is 359 g/mol. The molecule has 0 radical (unpaired) electrons. The average Bonchev–Trinajstić information content (AvgIpc) is 2.78. The summed E-state index contributed by atoms with van der Waals surface area (Å²) in [6.45, 7) is 4.40. The zero-order valence-corrected chi connectivity index (χ0v) is 14.2. The number of carbonyl (C=O) groups is 1. The van der Waals surface area contributed by atoms with Crippen LogP contribution in [0.15, 0.2) is 18.2 Å². The Morgan fingerprint density at radius 3 is 2.64 bits per heavy atom. The third-order valence-corrected chi connectivity index (χ3v) is 4.41. The van der Waals surface area contributed by atoms with Crippen LogP contribution in [0.1, 0.15) is 31.4 Å². The number of rotatable bonds is 4. The minimum atomic E-state index is -4.82. The second-order valence-electron chi connectivity index (χ2n) is 6.10. The van der Waals surface area contributed by atoms with E-state index in [1.165, 1.54) is 0 Å². The molecule has 0 fully saturated rings. The van der Waals surface area contributed by atoms with Crippen molar-refractivity contribution in [1.82, 2.24) is 0 Å². The van der Waals surface area contributed by atoms with Crippen LogP contribution >= 0.6 is 15.9 Å². The molecule has 1 unspecified atom stereocenters. The van der Waals surface area contributed by atoms with E-state index in [-0.39, 0.29) is 6.54 Å². The van der Waals surface area contributed by atoms with Crippen LogP contribution in [0, 0.1) is 5.92 Å². The third kappa shape index (κ3) is 4.03. The van der Waals surface area contributed by atoms with E-state index in [0.29, 0.717) is 22.9 Å². The highest BCUT2D eigenvalue weighted by molar-refractivity contribution is 9.09. The number of carbonyl (C=O) groups excluding carboxylic acids is 1. The maximum Gasteiger partial charge on any atom is 0.471 e. The molecule has 1 aliphatic rings. The van der Waals surface area contributed by atoms with Gasteiger partial charge >= 0.3 is 12.1 Å². The van der Waals surface area contributed by atoms with Crippen LogP contribution in [0.25, 0.3) is 0 Å². The van der Waals surface area contributed by atoms with E-state index < -0.39 is 12.1 Å². The summed E-state index contributed by atoms with van der Waals surface area (Å²) in [6.07, 6.45) is -2.48. The lowest BCUT2D eigenvalue weighted by molar-refractivity contribution is -0.170. The fraction of sp³-hybridized carbons (Fsp3) is 0.562. The Balaban J connectivity index is 2.12. The summed E-state index contributed by atoms with van der Waals surface area (Å²) in [4.78, 5) is 12.6. The molecule has 0 saturated heterocycles. The number of anilines is 1. The van der Waals surface area contributed by atoms with E-state index in [1.54, 1.807) is 6.07 Å². The van der Waals surface area contributed by atoms with E-state index in [4.69, 9.17) is 0 Å². The van der Waals surface area contributed by atoms with Crippen molar-refractivity contribution < 1.29 is 18.0 Å². The summed E-state index contributed by atoms with van der Waals surface area (Å²) in [5.41, 5.74) is 2.29. The van der Waals surface area contributed by atoms with Crippen molar-refractivity contribution >= 4 is 27.5 Å². The quantitative estimate of drug-likeness (QED) is 0.707. The first-order valence-electron chi connectivity index (χ1n) is 7.33. The van der Waals surface area contributed by atoms with Gasteiger partial charge in [0, 0.05) is 17.1 Å². The molecule has 2 rings (SSSR count). The predicted molar refractivity (Wildman–Crippen MR) is 84.4 cm³/mol. The number of hydrogen-bond donors (Lipinski definition) is 0. The first-order valence-corrected chi connectivity index (χ1v) is 8.24. The second kappa shape index (κ2) is 6.60. The molecule has 1 aliphatic heterocycles. The highest BCUT2D eigenvalue weighted by Crippen LogP contribution is 2.33. The molecule has 1 aromatic rings. The lowest BCUT2D eigenvalue weighted by Crippen LogP contribution is -2.40. The summed E-state index contributed by atoms with van der Waals surface area (Å²) in [6, 6.07) is 5.37. The molecule has 0 N–H and O–H groups in total. The summed E-state index contributed by atoms with van der Waals surface area (Å²) in [5, 5.41) is 0. The number of halogens is 4. The van der Waals surface area contributed by atoms with E-state index in [9.17, 15) is 18.0 Å². The summed E-state index contributed by atoms with van der Waals surface area (Å²) in [7, 11) is 0. The Kier molecular flexibility index (Phi) is 5.20. The molecule has 1 aromatic carbocycles. The molecule has 0 aliphatic carbocycles. The number of alkyl halides is 4. The summed E-state index contributed by atoms with van der Waals surface area (Å²) in [5.74, 6) is -1.20. The van der Waals surface area contributed by atoms with Gasteiger partial charge in [0.2, 0.25) is 0 Å². The molecule has 6 heteroatoms. The molecule has 0 aromatic heterocycles. The molecular formula is C16H19BrF3NO. The topological polar surface area (TPSA) is 20.3 Å². The number of hydrogen-bond acceptors (Lipinski definition) is 1. The highest BCUT2D eigenvalue weighted by Gasteiger charge is 2.44. The minimum Gasteiger partial charge on any atom is -0.304 e. The van der Waals surface area contributed by atoms with Crippen LogP contribution in [0.2, 0.25) is 0 Å². The van der Waals surface area contributed by atoms with Crippen LogP contribution < -0.4 is 4.90 Å². The van der Waals surface area contributed by atoms with Gasteiger partial charge in [-0.05, 0) is 42.4 Å². The Hall–Kier alpha value is -1.04. The molecule has 1 amide bonds. The van der Waals surface area contributed by atoms with Crippen LogP contribution in [-0.2, 0) is 17.6 Å². The SMILES string of the molecule is CC(C)CC(Br)Cc1ccc2c(c1)CCN2C(=O)C(F)(F)F. The predicted octanol–water partition coefficient (Wildman–Crippen LogP) is 4.49. The van der Waals surface area contributed by atoms with Crippen molar-refractivity contribution in [3.05, 3.63) is 29.3 Å². The molecule has 2 nitrogen and oxygen atoms in total. The smallest absolute Gasteiger partial charge is 0.304 e. The van der Waals surface area contributed by atoms with Crippen LogP contribution in [0.4, 0.5) is 18.9 Å². The number of amides is 1. The van der Waals surface area contributed by atoms with Gasteiger partial charge in [-0.25, -0.2) is 0 Å². The van der Waals surface area contributed by atoms with Gasteiger partial charge in [-0.15, -0.1) is 0 Å². The minimum absolute atomic E-state index is 0.0981. The van der Waals surface area contributed by atoms with Gasteiger partial charge in [0.15, 0.2) is 0 Å². The fourth-order valence-corrected chi connectivity index (χ4v) is 3.92. The Morgan fingerprint density at radius 2 is 2.05 bits per heavy atom. The van der Waals surface area contributed by atoms with Crippen LogP contribution in [0.3, 0.4) is 0 Å². The summed E-state index contributed by atoms with van der Waals surface area (Å²) >= 11 is 3.64. The van der Waals surface area contributed by atoms with Crippen molar-refractivity contribution in [2.24, 2.45) is 5.92 Å². The first-order chi connectivity index (χ1) is 10.2. The van der Waals surface area contributed by atoms with Crippen molar-refractivity contribution in [2.75, 3.05) is 11.4 Å². The molecule has 22 heavy (non-hydrogen) atoms. The molecule has 1 atom stereocenters. The van der Waals surface area contributed by atoms with Crippen molar-refractivity contribution in [2.45, 2.75) is 44.1 Å². The molecule has 0 bridgehead atoms. The van der Waals surface area contributed by atoms with Crippen LogP contribution in [-0.4, -0.2) is 23.5 Å². The summed E-state index contributed by atoms with van der Waals surface area (Å²) < 4.78 is 37.7. The zero-order chi connectivity index (χ0) is 16.5. The van der Waals surface area contributed by atoms with Crippen LogP contribution in [0.5, 0.6) is 0 Å². The number of nitrogens with zero attached hydrogens (tertiary/aromatic N) is 1. The molecule has 0 spiro atoms. The lowest BCUT2D eigenvalue weighted by atomic mass is 10.0. The first kappa shape index (κ1) is 17.3. The average molecular weight is 378 g/mol. The van der Waals surface area contributed by atoms with Gasteiger partial charge in [-0.1, -0.05) is 41.9 Å². The van der Waals surface area contributed by atoms with Gasteiger partial charge < -0.3 is 4.90 Å². The van der Waals surface area contributed by atoms with E-state index in [2.05, 4.69) is 29.8 Å². The second-order valence-corrected chi connectivity index (χ2v) is 7.39. The Bertz CT molecular complexity index is 557. The highest BCUT2D eigenvalue weighted by atomic mass is 79.9. The Morgan fingerprint density at radius 1 is 1.36 bits per heavy atom. The maximum atomic E-state index is 12.6. The number of fused-ring (bicyclic) bond motifs is 1. The lowest BCUT2D eigenvalue weighted by Gasteiger charge is -2.19. The Labute approximate surface area is 136 Å². The number of benzene rings is 1. The van der Waals surface area contributed by atoms with Crippen molar-refractivity contribution in [3.8, 4) is 0 Å². The van der Waals surface area contributed by atoms with Gasteiger partial charge in [0.1, 0.15) is 0 Å². The van der Waals surface area contributed by atoms with E-state index >= 15 is 0 Å². The van der Waals surface area contributed by atoms with E-state index in [1.807, 2.05) is 12.1 Å². The van der Waals surface area contributed by atoms with Gasteiger partial charge in [0.05, 0.1) is 0 Å². The van der Waals surface area contributed by atoms with Crippen molar-refractivity contribution in [3.63, 3.8) is 0 Å². The van der Waals surface area contributed by atoms with Gasteiger partial charge in [-0.3, -0.25) is 4.79 Å². The maximum absolute atomic E-state index is 12.6. The standard InChI is InChI=1S/C16H19BrF3NO/c1-10(2)7-13(17)9-11-3-4-14-12(8-11)5-6-21(14)15(22)16(18,19)20/h3-4,8,10,13H,5-7,9H2,1-2H3. The van der Waals surface area contributed by atoms with Crippen molar-refractivity contribution in [1.29, 1.82) is 0 Å².